The summed E-state index contributed by atoms with van der Waals surface area (Å²) >= 11 is 0. The summed E-state index contributed by atoms with van der Waals surface area (Å²) in [5.74, 6) is 2.36. The van der Waals surface area contributed by atoms with Gasteiger partial charge in [0.05, 0.1) is 20.7 Å². The van der Waals surface area contributed by atoms with Crippen LogP contribution < -0.4 is 19.1 Å². The van der Waals surface area contributed by atoms with E-state index in [0.717, 1.165) is 47.6 Å². The quantitative estimate of drug-likeness (QED) is 0.820. The SMILES string of the molecule is C=C1c2ccc3c(c2C[C@]12c1cc(OC)c(O)cc1CC[NH+]2C)OCO3. The molecule has 2 aromatic rings. The van der Waals surface area contributed by atoms with Gasteiger partial charge in [-0.25, -0.2) is 0 Å². The first-order valence-corrected chi connectivity index (χ1v) is 8.90. The van der Waals surface area contributed by atoms with Crippen molar-refractivity contribution in [2.45, 2.75) is 18.4 Å². The molecule has 0 saturated heterocycles. The number of phenolic OH excluding ortho intramolecular Hbond substituents is 1. The maximum atomic E-state index is 10.2. The minimum Gasteiger partial charge on any atom is -0.504 e. The van der Waals surface area contributed by atoms with Crippen LogP contribution in [0.1, 0.15) is 22.3 Å². The van der Waals surface area contributed by atoms with Gasteiger partial charge in [-0.3, -0.25) is 0 Å². The second kappa shape index (κ2) is 5.17. The lowest BCUT2D eigenvalue weighted by atomic mass is 9.76. The Morgan fingerprint density at radius 2 is 2.12 bits per heavy atom. The highest BCUT2D eigenvalue weighted by Gasteiger charge is 2.53. The van der Waals surface area contributed by atoms with Crippen molar-refractivity contribution in [3.63, 3.8) is 0 Å². The first-order chi connectivity index (χ1) is 12.6. The fourth-order valence-corrected chi connectivity index (χ4v) is 4.90. The predicted molar refractivity (Wildman–Crippen MR) is 97.1 cm³/mol. The molecule has 1 aliphatic carbocycles. The monoisotopic (exact) mass is 352 g/mol. The van der Waals surface area contributed by atoms with Crippen LogP contribution >= 0.6 is 0 Å². The summed E-state index contributed by atoms with van der Waals surface area (Å²) in [5, 5.41) is 10.2. The number of likely N-dealkylation sites (N-methyl/N-ethyl adjacent to an activating group) is 1. The van der Waals surface area contributed by atoms with Gasteiger partial charge in [0.15, 0.2) is 28.5 Å². The number of nitrogens with one attached hydrogen (secondary N) is 1. The number of rotatable bonds is 1. The lowest BCUT2D eigenvalue weighted by Crippen LogP contribution is -3.17. The number of benzene rings is 2. The Hall–Kier alpha value is -2.66. The van der Waals surface area contributed by atoms with Gasteiger partial charge in [0.1, 0.15) is 0 Å². The molecule has 26 heavy (non-hydrogen) atoms. The molecule has 2 atom stereocenters. The average molecular weight is 352 g/mol. The van der Waals surface area contributed by atoms with E-state index in [4.69, 9.17) is 14.2 Å². The van der Waals surface area contributed by atoms with Gasteiger partial charge in [0.2, 0.25) is 6.79 Å². The second-order valence-corrected chi connectivity index (χ2v) is 7.35. The van der Waals surface area contributed by atoms with E-state index in [0.29, 0.717) is 5.75 Å². The van der Waals surface area contributed by atoms with Crippen LogP contribution in [0.5, 0.6) is 23.0 Å². The normalized spacial score (nSPS) is 25.3. The van der Waals surface area contributed by atoms with Crippen LogP contribution in [0.2, 0.25) is 0 Å². The number of ether oxygens (including phenoxy) is 3. The Kier molecular flexibility index (Phi) is 3.10. The highest BCUT2D eigenvalue weighted by Crippen LogP contribution is 2.52. The van der Waals surface area contributed by atoms with E-state index >= 15 is 0 Å². The third-order valence-corrected chi connectivity index (χ3v) is 6.29. The summed E-state index contributed by atoms with van der Waals surface area (Å²) in [6.45, 7) is 5.75. The topological polar surface area (TPSA) is 52.4 Å². The van der Waals surface area contributed by atoms with Gasteiger partial charge in [-0.2, -0.15) is 0 Å². The molecule has 5 nitrogen and oxygen atoms in total. The summed E-state index contributed by atoms with van der Waals surface area (Å²) in [7, 11) is 3.81. The number of hydrogen-bond donors (Lipinski definition) is 2. The number of methoxy groups -OCH3 is 1. The molecular weight excluding hydrogens is 330 g/mol. The van der Waals surface area contributed by atoms with Crippen LogP contribution in [0.15, 0.2) is 30.8 Å². The molecule has 0 radical (unpaired) electrons. The molecule has 5 rings (SSSR count). The van der Waals surface area contributed by atoms with E-state index < -0.39 is 0 Å². The smallest absolute Gasteiger partial charge is 0.231 e. The molecule has 2 aromatic carbocycles. The lowest BCUT2D eigenvalue weighted by molar-refractivity contribution is -0.933. The van der Waals surface area contributed by atoms with Gasteiger partial charge < -0.3 is 24.2 Å². The van der Waals surface area contributed by atoms with E-state index in [2.05, 4.69) is 19.7 Å². The molecule has 0 saturated carbocycles. The highest BCUT2D eigenvalue weighted by molar-refractivity contribution is 5.83. The standard InChI is InChI=1S/C21H21NO4/c1-12-14-4-5-18-20(26-11-25-18)15(14)10-21(12)16-9-19(24-3)17(23)8-13(16)6-7-22(21)2/h4-5,8-9,23H,1,6-7,10-11H2,2-3H3/p+1/t21-/m1/s1. The molecule has 3 aliphatic rings. The van der Waals surface area contributed by atoms with Crippen molar-refractivity contribution in [2.24, 2.45) is 0 Å². The van der Waals surface area contributed by atoms with Gasteiger partial charge >= 0.3 is 0 Å². The van der Waals surface area contributed by atoms with Gasteiger partial charge in [0.25, 0.3) is 0 Å². The third kappa shape index (κ3) is 1.78. The second-order valence-electron chi connectivity index (χ2n) is 7.35. The number of phenols is 1. The summed E-state index contributed by atoms with van der Waals surface area (Å²) in [4.78, 5) is 1.40. The molecule has 1 spiro atoms. The van der Waals surface area contributed by atoms with Crippen molar-refractivity contribution in [3.8, 4) is 23.0 Å². The highest BCUT2D eigenvalue weighted by atomic mass is 16.7. The van der Waals surface area contributed by atoms with Crippen LogP contribution in [0.3, 0.4) is 0 Å². The molecule has 0 fully saturated rings. The molecule has 2 aliphatic heterocycles. The van der Waals surface area contributed by atoms with Gasteiger partial charge in [0, 0.05) is 29.5 Å². The molecule has 2 N–H and O–H groups in total. The van der Waals surface area contributed by atoms with E-state index in [-0.39, 0.29) is 18.1 Å². The lowest BCUT2D eigenvalue weighted by Gasteiger charge is -2.42. The zero-order chi connectivity index (χ0) is 18.1. The van der Waals surface area contributed by atoms with Crippen molar-refractivity contribution in [3.05, 3.63) is 53.1 Å². The van der Waals surface area contributed by atoms with Crippen LogP contribution in [-0.2, 0) is 18.4 Å². The van der Waals surface area contributed by atoms with Crippen LogP contribution in [0.25, 0.3) is 5.57 Å². The van der Waals surface area contributed by atoms with Crippen molar-refractivity contribution in [1.29, 1.82) is 0 Å². The maximum Gasteiger partial charge on any atom is 0.231 e. The minimum absolute atomic E-state index is 0.194. The number of fused-ring (bicyclic) bond motifs is 5. The maximum absolute atomic E-state index is 10.2. The number of quaternary nitrogens is 1. The van der Waals surface area contributed by atoms with E-state index in [9.17, 15) is 5.11 Å². The van der Waals surface area contributed by atoms with Gasteiger partial charge in [-0.1, -0.05) is 12.6 Å². The summed E-state index contributed by atoms with van der Waals surface area (Å²) in [5.41, 5.74) is 5.48. The third-order valence-electron chi connectivity index (χ3n) is 6.29. The number of hydrogen-bond acceptors (Lipinski definition) is 4. The first-order valence-electron chi connectivity index (χ1n) is 8.90. The molecule has 1 unspecified atom stereocenters. The fraction of sp³-hybridized carbons (Fsp3) is 0.333. The summed E-state index contributed by atoms with van der Waals surface area (Å²) < 4.78 is 16.7. The molecule has 0 amide bonds. The van der Waals surface area contributed by atoms with E-state index in [1.165, 1.54) is 16.0 Å². The summed E-state index contributed by atoms with van der Waals surface area (Å²) in [6.07, 6.45) is 1.72. The molecule has 2 heterocycles. The van der Waals surface area contributed by atoms with Crippen molar-refractivity contribution in [1.82, 2.24) is 0 Å². The minimum atomic E-state index is -0.280. The predicted octanol–water partition coefficient (Wildman–Crippen LogP) is 1.67. The fourth-order valence-electron chi connectivity index (χ4n) is 4.90. The molecule has 134 valence electrons. The van der Waals surface area contributed by atoms with Crippen LogP contribution in [0, 0.1) is 0 Å². The Labute approximate surface area is 152 Å². The summed E-state index contributed by atoms with van der Waals surface area (Å²) in [6, 6.07) is 7.91. The molecule has 0 aromatic heterocycles. The van der Waals surface area contributed by atoms with E-state index in [1.807, 2.05) is 18.2 Å². The Bertz CT molecular complexity index is 952. The Balaban J connectivity index is 1.74. The Morgan fingerprint density at radius 3 is 2.92 bits per heavy atom. The molecule has 0 bridgehead atoms. The van der Waals surface area contributed by atoms with E-state index in [1.54, 1.807) is 7.11 Å². The van der Waals surface area contributed by atoms with Crippen molar-refractivity contribution in [2.75, 3.05) is 27.5 Å². The van der Waals surface area contributed by atoms with Crippen LogP contribution in [-0.4, -0.2) is 32.6 Å². The molecule has 5 heteroatoms. The Morgan fingerprint density at radius 1 is 1.27 bits per heavy atom. The zero-order valence-corrected chi connectivity index (χ0v) is 15.0. The number of aromatic hydroxyl groups is 1. The van der Waals surface area contributed by atoms with Crippen LogP contribution in [0.4, 0.5) is 0 Å². The van der Waals surface area contributed by atoms with Crippen molar-refractivity contribution >= 4 is 5.57 Å². The largest absolute Gasteiger partial charge is 0.504 e. The van der Waals surface area contributed by atoms with Gasteiger partial charge in [-0.15, -0.1) is 0 Å². The average Bonchev–Trinajstić information content (AvgIpc) is 3.22. The molecular formula is C21H22NO4+. The van der Waals surface area contributed by atoms with Crippen molar-refractivity contribution < 1.29 is 24.2 Å². The zero-order valence-electron chi connectivity index (χ0n) is 15.0. The first kappa shape index (κ1) is 15.6. The van der Waals surface area contributed by atoms with Gasteiger partial charge in [-0.05, 0) is 29.3 Å².